The Kier molecular flexibility index (Phi) is 7.64. The van der Waals surface area contributed by atoms with E-state index in [0.717, 1.165) is 6.42 Å². The predicted octanol–water partition coefficient (Wildman–Crippen LogP) is 1.22. The van der Waals surface area contributed by atoms with Crippen molar-refractivity contribution in [3.8, 4) is 0 Å². The quantitative estimate of drug-likeness (QED) is 0.734. The summed E-state index contributed by atoms with van der Waals surface area (Å²) in [5, 5.41) is 11.1. The molecule has 20 heavy (non-hydrogen) atoms. The maximum atomic E-state index is 11.8. The molecule has 0 aliphatic carbocycles. The minimum absolute atomic E-state index is 0.272. The Balaban J connectivity index is 4.31. The van der Waals surface area contributed by atoms with Crippen LogP contribution < -0.4 is 5.32 Å². The average Bonchev–Trinajstić information content (AvgIpc) is 2.28. The lowest BCUT2D eigenvalue weighted by Gasteiger charge is -2.22. The fourth-order valence-electron chi connectivity index (χ4n) is 1.38. The molecular formula is C13H24N2O5. The van der Waals surface area contributed by atoms with Crippen molar-refractivity contribution in [3.63, 3.8) is 0 Å². The van der Waals surface area contributed by atoms with Gasteiger partial charge in [0.1, 0.15) is 18.7 Å². The predicted molar refractivity (Wildman–Crippen MR) is 73.4 cm³/mol. The van der Waals surface area contributed by atoms with E-state index in [2.05, 4.69) is 5.32 Å². The molecule has 0 heterocycles. The molecule has 0 aromatic carbocycles. The molecule has 7 nitrogen and oxygen atoms in total. The molecule has 0 rings (SSSR count). The van der Waals surface area contributed by atoms with E-state index in [0.29, 0.717) is 13.0 Å². The van der Waals surface area contributed by atoms with E-state index in [4.69, 9.17) is 9.84 Å². The van der Waals surface area contributed by atoms with Crippen LogP contribution in [0.1, 0.15) is 40.5 Å². The number of nitrogens with one attached hydrogen (secondary N) is 1. The fraction of sp³-hybridized carbons (Fsp3) is 0.769. The maximum absolute atomic E-state index is 11.8. The molecule has 116 valence electrons. The van der Waals surface area contributed by atoms with Crippen molar-refractivity contribution in [3.05, 3.63) is 0 Å². The minimum Gasteiger partial charge on any atom is -0.480 e. The smallest absolute Gasteiger partial charge is 0.408 e. The number of unbranched alkanes of at least 4 members (excludes halogenated alkanes) is 1. The summed E-state index contributed by atoms with van der Waals surface area (Å²) in [4.78, 5) is 35.2. The highest BCUT2D eigenvalue weighted by Crippen LogP contribution is 2.06. The molecule has 0 fully saturated rings. The second kappa shape index (κ2) is 8.39. The number of aliphatic carboxylic acids is 1. The number of hydrogen-bond acceptors (Lipinski definition) is 4. The number of hydrogen-bond donors (Lipinski definition) is 2. The standard InChI is InChI=1S/C13H24N2O5/c1-5-6-7-15(9-11(17)18)10(16)8-14-12(19)20-13(2,3)4/h5-9H2,1-4H3,(H,14,19)(H,17,18). The van der Waals surface area contributed by atoms with E-state index in [-0.39, 0.29) is 13.1 Å². The van der Waals surface area contributed by atoms with Crippen molar-refractivity contribution >= 4 is 18.0 Å². The first-order chi connectivity index (χ1) is 9.15. The lowest BCUT2D eigenvalue weighted by Crippen LogP contribution is -2.44. The third-order valence-electron chi connectivity index (χ3n) is 2.24. The Bertz CT molecular complexity index is 349. The normalized spacial score (nSPS) is 10.8. The van der Waals surface area contributed by atoms with Crippen LogP contribution in [0, 0.1) is 0 Å². The van der Waals surface area contributed by atoms with Crippen LogP contribution in [0.3, 0.4) is 0 Å². The van der Waals surface area contributed by atoms with Gasteiger partial charge >= 0.3 is 12.1 Å². The fourth-order valence-corrected chi connectivity index (χ4v) is 1.38. The molecule has 0 aliphatic rings. The summed E-state index contributed by atoms with van der Waals surface area (Å²) in [6.07, 6.45) is 0.866. The topological polar surface area (TPSA) is 95.9 Å². The molecule has 0 aromatic heterocycles. The minimum atomic E-state index is -1.08. The van der Waals surface area contributed by atoms with Gasteiger partial charge in [0.15, 0.2) is 0 Å². The van der Waals surface area contributed by atoms with Crippen LogP contribution in [0.25, 0.3) is 0 Å². The molecule has 2 N–H and O–H groups in total. The number of carbonyl (C=O) groups excluding carboxylic acids is 2. The molecule has 0 saturated heterocycles. The van der Waals surface area contributed by atoms with Crippen LogP contribution in [0.4, 0.5) is 4.79 Å². The summed E-state index contributed by atoms with van der Waals surface area (Å²) in [5.74, 6) is -1.52. The average molecular weight is 288 g/mol. The van der Waals surface area contributed by atoms with Gasteiger partial charge in [-0.2, -0.15) is 0 Å². The van der Waals surface area contributed by atoms with Gasteiger partial charge in [-0.3, -0.25) is 9.59 Å². The Morgan fingerprint density at radius 2 is 1.85 bits per heavy atom. The highest BCUT2D eigenvalue weighted by Gasteiger charge is 2.19. The summed E-state index contributed by atoms with van der Waals surface area (Å²) in [7, 11) is 0. The molecule has 7 heteroatoms. The van der Waals surface area contributed by atoms with Gasteiger partial charge in [0.25, 0.3) is 0 Å². The van der Waals surface area contributed by atoms with Crippen molar-refractivity contribution in [2.45, 2.75) is 46.1 Å². The van der Waals surface area contributed by atoms with Gasteiger partial charge in [0.2, 0.25) is 5.91 Å². The maximum Gasteiger partial charge on any atom is 0.408 e. The van der Waals surface area contributed by atoms with E-state index in [9.17, 15) is 14.4 Å². The van der Waals surface area contributed by atoms with E-state index in [1.807, 2.05) is 6.92 Å². The van der Waals surface area contributed by atoms with Crippen LogP contribution in [0.2, 0.25) is 0 Å². The summed E-state index contributed by atoms with van der Waals surface area (Å²) in [6.45, 7) is 6.81. The Labute approximate surface area is 119 Å². The van der Waals surface area contributed by atoms with Crippen LogP contribution in [-0.4, -0.2) is 53.2 Å². The monoisotopic (exact) mass is 288 g/mol. The zero-order chi connectivity index (χ0) is 15.8. The molecular weight excluding hydrogens is 264 g/mol. The molecule has 0 radical (unpaired) electrons. The summed E-state index contributed by atoms with van der Waals surface area (Å²) < 4.78 is 4.99. The zero-order valence-electron chi connectivity index (χ0n) is 12.6. The lowest BCUT2D eigenvalue weighted by atomic mass is 10.2. The van der Waals surface area contributed by atoms with Gasteiger partial charge in [-0.15, -0.1) is 0 Å². The van der Waals surface area contributed by atoms with Gasteiger partial charge < -0.3 is 20.1 Å². The third-order valence-corrected chi connectivity index (χ3v) is 2.24. The highest BCUT2D eigenvalue weighted by atomic mass is 16.6. The number of nitrogens with zero attached hydrogens (tertiary/aromatic N) is 1. The van der Waals surface area contributed by atoms with Gasteiger partial charge in [-0.25, -0.2) is 4.79 Å². The number of ether oxygens (including phenoxy) is 1. The van der Waals surface area contributed by atoms with Crippen molar-refractivity contribution in [2.24, 2.45) is 0 Å². The van der Waals surface area contributed by atoms with Gasteiger partial charge in [0, 0.05) is 6.54 Å². The Hall–Kier alpha value is -1.79. The summed E-state index contributed by atoms with van der Waals surface area (Å²) in [5.41, 5.74) is -0.643. The second-order valence-corrected chi connectivity index (χ2v) is 5.42. The molecule has 0 unspecified atom stereocenters. The van der Waals surface area contributed by atoms with Crippen molar-refractivity contribution < 1.29 is 24.2 Å². The van der Waals surface area contributed by atoms with Crippen LogP contribution in [0.5, 0.6) is 0 Å². The van der Waals surface area contributed by atoms with E-state index in [1.165, 1.54) is 4.90 Å². The van der Waals surface area contributed by atoms with Gasteiger partial charge in [-0.05, 0) is 27.2 Å². The zero-order valence-corrected chi connectivity index (χ0v) is 12.6. The number of amides is 2. The van der Waals surface area contributed by atoms with Crippen LogP contribution >= 0.6 is 0 Å². The summed E-state index contributed by atoms with van der Waals surface area (Å²) >= 11 is 0. The number of alkyl carbamates (subject to hydrolysis) is 1. The highest BCUT2D eigenvalue weighted by molar-refractivity contribution is 5.85. The van der Waals surface area contributed by atoms with Crippen molar-refractivity contribution in [2.75, 3.05) is 19.6 Å². The Morgan fingerprint density at radius 1 is 1.25 bits per heavy atom. The lowest BCUT2D eigenvalue weighted by molar-refractivity contribution is -0.144. The molecule has 0 aliphatic heterocycles. The van der Waals surface area contributed by atoms with E-state index in [1.54, 1.807) is 20.8 Å². The number of rotatable bonds is 7. The molecule has 0 bridgehead atoms. The van der Waals surface area contributed by atoms with Gasteiger partial charge in [0.05, 0.1) is 0 Å². The number of carboxylic acids is 1. The van der Waals surface area contributed by atoms with Crippen LogP contribution in [-0.2, 0) is 14.3 Å². The third kappa shape index (κ3) is 9.18. The number of carbonyl (C=O) groups is 3. The second-order valence-electron chi connectivity index (χ2n) is 5.42. The van der Waals surface area contributed by atoms with Crippen molar-refractivity contribution in [1.29, 1.82) is 0 Å². The molecule has 2 amide bonds. The van der Waals surface area contributed by atoms with E-state index >= 15 is 0 Å². The summed E-state index contributed by atoms with van der Waals surface area (Å²) in [6, 6.07) is 0. The Morgan fingerprint density at radius 3 is 2.30 bits per heavy atom. The molecule has 0 atom stereocenters. The first kappa shape index (κ1) is 18.2. The molecule has 0 spiro atoms. The SMILES string of the molecule is CCCCN(CC(=O)O)C(=O)CNC(=O)OC(C)(C)C. The van der Waals surface area contributed by atoms with Gasteiger partial charge in [-0.1, -0.05) is 13.3 Å². The van der Waals surface area contributed by atoms with Crippen LogP contribution in [0.15, 0.2) is 0 Å². The van der Waals surface area contributed by atoms with Crippen molar-refractivity contribution in [1.82, 2.24) is 10.2 Å². The molecule has 0 aromatic rings. The largest absolute Gasteiger partial charge is 0.480 e. The molecule has 0 saturated carbocycles. The first-order valence-electron chi connectivity index (χ1n) is 6.62. The first-order valence-corrected chi connectivity index (χ1v) is 6.62. The van der Waals surface area contributed by atoms with E-state index < -0.39 is 23.6 Å². The number of carboxylic acid groups (broad SMARTS) is 1.